The summed E-state index contributed by atoms with van der Waals surface area (Å²) >= 11 is 0. The molecule has 0 N–H and O–H groups in total. The fourth-order valence-corrected chi connectivity index (χ4v) is 8.37. The predicted molar refractivity (Wildman–Crippen MR) is 211 cm³/mol. The molecule has 11 rings (SSSR count). The average molecular weight is 636 g/mol. The number of hydrogen-bond donors (Lipinski definition) is 0. The summed E-state index contributed by atoms with van der Waals surface area (Å²) < 4.78 is 8.97. The van der Waals surface area contributed by atoms with Crippen LogP contribution in [0, 0.1) is 0 Å². The number of aromatic nitrogens is 1. The smallest absolute Gasteiger partial charge is 0.160 e. The topological polar surface area (TPSA) is 18.1 Å². The van der Waals surface area contributed by atoms with Crippen LogP contribution in [0.3, 0.4) is 0 Å². The zero-order chi connectivity index (χ0) is 32.8. The van der Waals surface area contributed by atoms with Gasteiger partial charge in [-0.3, -0.25) is 0 Å². The van der Waals surface area contributed by atoms with Gasteiger partial charge in [-0.15, -0.1) is 0 Å². The fraction of sp³-hybridized carbons (Fsp3) is 0. The van der Waals surface area contributed by atoms with Crippen LogP contribution in [0.2, 0.25) is 0 Å². The van der Waals surface area contributed by atoms with E-state index in [2.05, 4.69) is 174 Å². The molecule has 9 aromatic carbocycles. The maximum absolute atomic E-state index is 6.60. The molecule has 2 heteroatoms. The van der Waals surface area contributed by atoms with Crippen LogP contribution in [0.4, 0.5) is 0 Å². The summed E-state index contributed by atoms with van der Waals surface area (Å²) in [6.45, 7) is 0. The molecule has 232 valence electrons. The molecule has 0 atom stereocenters. The second kappa shape index (κ2) is 10.4. The number of nitrogens with zero attached hydrogens (tertiary/aromatic N) is 1. The summed E-state index contributed by atoms with van der Waals surface area (Å²) in [6.07, 6.45) is 0. The van der Waals surface area contributed by atoms with Crippen LogP contribution < -0.4 is 0 Å². The minimum Gasteiger partial charge on any atom is -0.454 e. The van der Waals surface area contributed by atoms with Crippen molar-refractivity contribution in [2.75, 3.05) is 0 Å². The fourth-order valence-electron chi connectivity index (χ4n) is 8.37. The highest BCUT2D eigenvalue weighted by atomic mass is 16.3. The lowest BCUT2D eigenvalue weighted by atomic mass is 9.85. The van der Waals surface area contributed by atoms with Gasteiger partial charge in [-0.25, -0.2) is 0 Å². The molecular weight excluding hydrogens is 607 g/mol. The van der Waals surface area contributed by atoms with E-state index in [-0.39, 0.29) is 0 Å². The molecule has 0 fully saturated rings. The molecule has 0 aliphatic carbocycles. The van der Waals surface area contributed by atoms with E-state index in [0.29, 0.717) is 0 Å². The lowest BCUT2D eigenvalue weighted by molar-refractivity contribution is 0.671. The molecule has 0 aliphatic rings. The highest BCUT2D eigenvalue weighted by Crippen LogP contribution is 2.45. The van der Waals surface area contributed by atoms with Crippen molar-refractivity contribution in [1.29, 1.82) is 0 Å². The maximum Gasteiger partial charge on any atom is 0.160 e. The first kappa shape index (κ1) is 27.3. The van der Waals surface area contributed by atoms with E-state index in [1.54, 1.807) is 0 Å². The SMILES string of the molecule is c1ccc2cc(-c3c4ccccc4c(-c4ccc(-n5c6ccccc6c6ccc7c8ccccc8oc7c65)cc4)c4ccccc34)ccc2c1. The first-order chi connectivity index (χ1) is 24.8. The molecule has 2 nitrogen and oxygen atoms in total. The Morgan fingerprint density at radius 2 is 0.900 bits per heavy atom. The molecule has 0 spiro atoms. The van der Waals surface area contributed by atoms with E-state index in [1.165, 1.54) is 70.9 Å². The first-order valence-corrected chi connectivity index (χ1v) is 17.2. The third-order valence-corrected chi connectivity index (χ3v) is 10.6. The van der Waals surface area contributed by atoms with Crippen molar-refractivity contribution in [2.45, 2.75) is 0 Å². The van der Waals surface area contributed by atoms with Crippen LogP contribution >= 0.6 is 0 Å². The Kier molecular flexibility index (Phi) is 5.70. The number of benzene rings is 9. The van der Waals surface area contributed by atoms with Gasteiger partial charge < -0.3 is 8.98 Å². The Balaban J connectivity index is 1.15. The maximum atomic E-state index is 6.60. The van der Waals surface area contributed by atoms with Gasteiger partial charge in [-0.1, -0.05) is 140 Å². The third kappa shape index (κ3) is 3.85. The largest absolute Gasteiger partial charge is 0.454 e. The molecule has 50 heavy (non-hydrogen) atoms. The van der Waals surface area contributed by atoms with E-state index in [1.807, 2.05) is 6.07 Å². The Hall–Kier alpha value is -6.64. The predicted octanol–water partition coefficient (Wildman–Crippen LogP) is 13.5. The van der Waals surface area contributed by atoms with Crippen LogP contribution in [0.5, 0.6) is 0 Å². The zero-order valence-electron chi connectivity index (χ0n) is 27.1. The molecule has 0 saturated carbocycles. The first-order valence-electron chi connectivity index (χ1n) is 17.2. The van der Waals surface area contributed by atoms with Gasteiger partial charge in [0.25, 0.3) is 0 Å². The van der Waals surface area contributed by atoms with E-state index < -0.39 is 0 Å². The number of para-hydroxylation sites is 2. The Labute approximate surface area is 288 Å². The van der Waals surface area contributed by atoms with Crippen molar-refractivity contribution in [3.63, 3.8) is 0 Å². The molecular formula is C48H29NO. The van der Waals surface area contributed by atoms with Crippen molar-refractivity contribution < 1.29 is 4.42 Å². The minimum atomic E-state index is 0.910. The quantitative estimate of drug-likeness (QED) is 0.177. The van der Waals surface area contributed by atoms with Crippen molar-refractivity contribution in [3.05, 3.63) is 176 Å². The Morgan fingerprint density at radius 1 is 0.360 bits per heavy atom. The van der Waals surface area contributed by atoms with E-state index >= 15 is 0 Å². The van der Waals surface area contributed by atoms with Crippen LogP contribution in [-0.4, -0.2) is 4.57 Å². The summed E-state index contributed by atoms with van der Waals surface area (Å²) in [6, 6.07) is 63.8. The average Bonchev–Trinajstić information content (AvgIpc) is 3.73. The number of furan rings is 1. The van der Waals surface area contributed by atoms with E-state index in [4.69, 9.17) is 4.42 Å². The number of fused-ring (bicyclic) bond motifs is 10. The lowest BCUT2D eigenvalue weighted by Crippen LogP contribution is -1.95. The molecule has 0 radical (unpaired) electrons. The molecule has 0 bridgehead atoms. The van der Waals surface area contributed by atoms with Gasteiger partial charge in [0, 0.05) is 27.2 Å². The van der Waals surface area contributed by atoms with Gasteiger partial charge >= 0.3 is 0 Å². The van der Waals surface area contributed by atoms with Crippen LogP contribution in [0.15, 0.2) is 180 Å². The number of hydrogen-bond acceptors (Lipinski definition) is 1. The molecule has 0 aliphatic heterocycles. The molecule has 0 amide bonds. The lowest BCUT2D eigenvalue weighted by Gasteiger charge is -2.18. The van der Waals surface area contributed by atoms with Gasteiger partial charge in [0.1, 0.15) is 5.58 Å². The third-order valence-electron chi connectivity index (χ3n) is 10.6. The van der Waals surface area contributed by atoms with Crippen molar-refractivity contribution in [3.8, 4) is 27.9 Å². The van der Waals surface area contributed by atoms with Crippen LogP contribution in [-0.2, 0) is 0 Å². The summed E-state index contributed by atoms with van der Waals surface area (Å²) in [5.41, 5.74) is 10.2. The van der Waals surface area contributed by atoms with Gasteiger partial charge in [0.2, 0.25) is 0 Å². The zero-order valence-corrected chi connectivity index (χ0v) is 27.1. The summed E-state index contributed by atoms with van der Waals surface area (Å²) in [5.74, 6) is 0. The Morgan fingerprint density at radius 3 is 1.62 bits per heavy atom. The molecule has 2 aromatic heterocycles. The van der Waals surface area contributed by atoms with E-state index in [9.17, 15) is 0 Å². The molecule has 0 unspecified atom stereocenters. The second-order valence-corrected chi connectivity index (χ2v) is 13.2. The van der Waals surface area contributed by atoms with Gasteiger partial charge in [-0.05, 0) is 91.0 Å². The standard InChI is InChI=1S/C48H29NO/c1-2-12-32-29-33(22-21-30(32)11-1)46-39-17-5-3-15-37(39)45(38-16-4-6-18-40(38)46)31-23-25-34(26-24-31)49-43-19-9-7-13-35(43)41-27-28-42-36-14-8-10-20-44(36)50-48(42)47(41)49/h1-29H. The summed E-state index contributed by atoms with van der Waals surface area (Å²) in [7, 11) is 0. The van der Waals surface area contributed by atoms with Crippen molar-refractivity contribution >= 4 is 76.1 Å². The molecule has 2 heterocycles. The van der Waals surface area contributed by atoms with Crippen LogP contribution in [0.25, 0.3) is 104 Å². The summed E-state index contributed by atoms with van der Waals surface area (Å²) in [5, 5.41) is 12.2. The second-order valence-electron chi connectivity index (χ2n) is 13.2. The van der Waals surface area contributed by atoms with Gasteiger partial charge in [-0.2, -0.15) is 0 Å². The normalized spacial score (nSPS) is 12.0. The minimum absolute atomic E-state index is 0.910. The van der Waals surface area contributed by atoms with Gasteiger partial charge in [0.05, 0.1) is 11.0 Å². The molecule has 11 aromatic rings. The monoisotopic (exact) mass is 635 g/mol. The number of rotatable bonds is 3. The summed E-state index contributed by atoms with van der Waals surface area (Å²) in [4.78, 5) is 0. The van der Waals surface area contributed by atoms with Crippen molar-refractivity contribution in [2.24, 2.45) is 0 Å². The van der Waals surface area contributed by atoms with E-state index in [0.717, 1.165) is 33.1 Å². The highest BCUT2D eigenvalue weighted by molar-refractivity contribution is 6.23. The molecule has 0 saturated heterocycles. The van der Waals surface area contributed by atoms with Crippen molar-refractivity contribution in [1.82, 2.24) is 4.57 Å². The Bertz CT molecular complexity index is 3080. The van der Waals surface area contributed by atoms with Gasteiger partial charge in [0.15, 0.2) is 5.58 Å². The van der Waals surface area contributed by atoms with Crippen LogP contribution in [0.1, 0.15) is 0 Å². The highest BCUT2D eigenvalue weighted by Gasteiger charge is 2.20.